The molecule has 0 fully saturated rings. The quantitative estimate of drug-likeness (QED) is 0.341. The molecule has 0 aliphatic carbocycles. The van der Waals surface area contributed by atoms with E-state index in [4.69, 9.17) is 4.74 Å². The minimum atomic E-state index is -0.158. The van der Waals surface area contributed by atoms with Gasteiger partial charge in [-0.25, -0.2) is 0 Å². The lowest BCUT2D eigenvalue weighted by atomic mass is 10.1. The van der Waals surface area contributed by atoms with Crippen molar-refractivity contribution < 1.29 is 14.6 Å². The van der Waals surface area contributed by atoms with E-state index in [-0.39, 0.29) is 17.3 Å². The van der Waals surface area contributed by atoms with Gasteiger partial charge in [0.1, 0.15) is 17.1 Å². The molecule has 0 saturated carbocycles. The Morgan fingerprint density at radius 1 is 0.906 bits per heavy atom. The van der Waals surface area contributed by atoms with Crippen molar-refractivity contribution in [3.8, 4) is 11.5 Å². The van der Waals surface area contributed by atoms with Crippen LogP contribution in [0.4, 0.5) is 5.69 Å². The normalized spacial score (nSPS) is 11.1. The molecular weight excluding hydrogens is 398 g/mol. The lowest BCUT2D eigenvalue weighted by Crippen LogP contribution is -2.22. The second-order valence-electron chi connectivity index (χ2n) is 8.23. The predicted molar refractivity (Wildman–Crippen MR) is 134 cm³/mol. The number of nitrogens with one attached hydrogen (secondary N) is 1. The Morgan fingerprint density at radius 3 is 2.03 bits per heavy atom. The van der Waals surface area contributed by atoms with E-state index in [9.17, 15) is 9.90 Å². The fraction of sp³-hybridized carbons (Fsp3) is 0.179. The van der Waals surface area contributed by atoms with Crippen LogP contribution in [0.2, 0.25) is 0 Å². The highest BCUT2D eigenvalue weighted by molar-refractivity contribution is 6.06. The molecule has 1 amide bonds. The van der Waals surface area contributed by atoms with Gasteiger partial charge in [-0.1, -0.05) is 55.1 Å². The van der Waals surface area contributed by atoms with Crippen molar-refractivity contribution in [3.63, 3.8) is 0 Å². The number of hydrogen-bond donors (Lipinski definition) is 2. The maximum Gasteiger partial charge on any atom is 0.251 e. The SMILES string of the molecule is C=Cc1ccc(OC(C)(C)C)cc1.CC(=Cc1ccccc1)C(=O)Nc1ccc(O)cc1. The highest BCUT2D eigenvalue weighted by Crippen LogP contribution is 2.18. The van der Waals surface area contributed by atoms with Gasteiger partial charge in [0.05, 0.1) is 0 Å². The molecule has 0 aliphatic heterocycles. The number of ether oxygens (including phenoxy) is 1. The fourth-order valence-corrected chi connectivity index (χ4v) is 2.66. The number of aromatic hydroxyl groups is 1. The summed E-state index contributed by atoms with van der Waals surface area (Å²) >= 11 is 0. The van der Waals surface area contributed by atoms with Gasteiger partial charge in [-0.15, -0.1) is 0 Å². The summed E-state index contributed by atoms with van der Waals surface area (Å²) in [5, 5.41) is 11.9. The Kier molecular flexibility index (Phi) is 8.84. The molecule has 3 aromatic rings. The van der Waals surface area contributed by atoms with E-state index < -0.39 is 0 Å². The van der Waals surface area contributed by atoms with Crippen LogP contribution in [0.1, 0.15) is 38.8 Å². The number of carbonyl (C=O) groups is 1. The van der Waals surface area contributed by atoms with Crippen LogP contribution >= 0.6 is 0 Å². The van der Waals surface area contributed by atoms with Crippen molar-refractivity contribution in [1.29, 1.82) is 0 Å². The average Bonchev–Trinajstić information content (AvgIpc) is 2.76. The Hall–Kier alpha value is -3.79. The molecule has 4 nitrogen and oxygen atoms in total. The summed E-state index contributed by atoms with van der Waals surface area (Å²) in [6.45, 7) is 11.6. The summed E-state index contributed by atoms with van der Waals surface area (Å²) in [7, 11) is 0. The molecule has 4 heteroatoms. The third-order valence-electron chi connectivity index (χ3n) is 4.21. The van der Waals surface area contributed by atoms with Gasteiger partial charge in [-0.2, -0.15) is 0 Å². The summed E-state index contributed by atoms with van der Waals surface area (Å²) in [4.78, 5) is 12.0. The van der Waals surface area contributed by atoms with Crippen molar-refractivity contribution in [2.75, 3.05) is 5.32 Å². The number of rotatable bonds is 5. The molecule has 3 rings (SSSR count). The van der Waals surface area contributed by atoms with Gasteiger partial charge < -0.3 is 15.2 Å². The largest absolute Gasteiger partial charge is 0.508 e. The van der Waals surface area contributed by atoms with Gasteiger partial charge in [0, 0.05) is 11.3 Å². The Morgan fingerprint density at radius 2 is 1.50 bits per heavy atom. The predicted octanol–water partition coefficient (Wildman–Crippen LogP) is 6.94. The molecule has 0 aliphatic rings. The van der Waals surface area contributed by atoms with Crippen molar-refractivity contribution >= 4 is 23.7 Å². The molecule has 0 atom stereocenters. The third-order valence-corrected chi connectivity index (χ3v) is 4.21. The van der Waals surface area contributed by atoms with E-state index in [2.05, 4.69) is 11.9 Å². The lowest BCUT2D eigenvalue weighted by Gasteiger charge is -2.21. The number of carbonyl (C=O) groups excluding carboxylic acids is 1. The molecule has 0 radical (unpaired) electrons. The average molecular weight is 430 g/mol. The fourth-order valence-electron chi connectivity index (χ4n) is 2.66. The second kappa shape index (κ2) is 11.6. The van der Waals surface area contributed by atoms with E-state index in [0.717, 1.165) is 16.9 Å². The summed E-state index contributed by atoms with van der Waals surface area (Å²) < 4.78 is 5.67. The smallest absolute Gasteiger partial charge is 0.251 e. The van der Waals surface area contributed by atoms with E-state index in [1.165, 1.54) is 12.1 Å². The molecule has 0 heterocycles. The summed E-state index contributed by atoms with van der Waals surface area (Å²) in [5.74, 6) is 0.919. The standard InChI is InChI=1S/C16H15NO2.C12H16O/c1-12(11-13-5-3-2-4-6-13)16(19)17-14-7-9-15(18)10-8-14;1-5-10-6-8-11(9-7-10)13-12(2,3)4/h2-11,18H,1H3,(H,17,19);5-9H,1H2,2-4H3. The van der Waals surface area contributed by atoms with E-state index >= 15 is 0 Å². The Bertz CT molecular complexity index is 1030. The number of hydrogen-bond acceptors (Lipinski definition) is 3. The zero-order valence-corrected chi connectivity index (χ0v) is 19.1. The topological polar surface area (TPSA) is 58.6 Å². The van der Waals surface area contributed by atoms with Crippen LogP contribution in [0.5, 0.6) is 11.5 Å². The first-order valence-electron chi connectivity index (χ1n) is 10.4. The number of benzene rings is 3. The maximum atomic E-state index is 12.0. The minimum absolute atomic E-state index is 0.129. The van der Waals surface area contributed by atoms with Crippen LogP contribution in [0, 0.1) is 0 Å². The third kappa shape index (κ3) is 8.92. The molecule has 2 N–H and O–H groups in total. The Labute approximate surface area is 190 Å². The van der Waals surface area contributed by atoms with Crippen LogP contribution in [-0.2, 0) is 4.79 Å². The first-order chi connectivity index (χ1) is 15.2. The van der Waals surface area contributed by atoms with Crippen molar-refractivity contribution in [3.05, 3.63) is 102 Å². The summed E-state index contributed by atoms with van der Waals surface area (Å²) in [6, 6.07) is 24.0. The van der Waals surface area contributed by atoms with Crippen LogP contribution in [0.25, 0.3) is 12.2 Å². The molecule has 0 bridgehead atoms. The van der Waals surface area contributed by atoms with Crippen LogP contribution in [0.15, 0.2) is 91.0 Å². The van der Waals surface area contributed by atoms with Gasteiger partial charge in [0.2, 0.25) is 0 Å². The highest BCUT2D eigenvalue weighted by atomic mass is 16.5. The number of amides is 1. The van der Waals surface area contributed by atoms with E-state index in [1.54, 1.807) is 19.1 Å². The second-order valence-corrected chi connectivity index (χ2v) is 8.23. The zero-order chi connectivity index (χ0) is 23.6. The highest BCUT2D eigenvalue weighted by Gasteiger charge is 2.10. The van der Waals surface area contributed by atoms with Gasteiger partial charge in [-0.05, 0) is 81.3 Å². The first kappa shape index (κ1) is 24.5. The molecule has 0 spiro atoms. The van der Waals surface area contributed by atoms with Gasteiger partial charge in [0.25, 0.3) is 5.91 Å². The molecule has 166 valence electrons. The zero-order valence-electron chi connectivity index (χ0n) is 19.1. The van der Waals surface area contributed by atoms with Gasteiger partial charge in [0.15, 0.2) is 0 Å². The minimum Gasteiger partial charge on any atom is -0.508 e. The lowest BCUT2D eigenvalue weighted by molar-refractivity contribution is -0.112. The van der Waals surface area contributed by atoms with E-state index in [0.29, 0.717) is 11.3 Å². The van der Waals surface area contributed by atoms with Gasteiger partial charge >= 0.3 is 0 Å². The van der Waals surface area contributed by atoms with Crippen LogP contribution in [0.3, 0.4) is 0 Å². The molecular formula is C28H31NO3. The molecule has 0 aromatic heterocycles. The van der Waals surface area contributed by atoms with Crippen molar-refractivity contribution in [2.24, 2.45) is 0 Å². The van der Waals surface area contributed by atoms with Crippen LogP contribution < -0.4 is 10.1 Å². The molecule has 3 aromatic carbocycles. The first-order valence-corrected chi connectivity index (χ1v) is 10.4. The number of phenols is 1. The summed E-state index contributed by atoms with van der Waals surface area (Å²) in [6.07, 6.45) is 3.65. The summed E-state index contributed by atoms with van der Waals surface area (Å²) in [5.41, 5.74) is 3.25. The number of anilines is 1. The monoisotopic (exact) mass is 429 g/mol. The Balaban J connectivity index is 0.000000244. The number of phenolic OH excluding ortho intramolecular Hbond substituents is 1. The molecule has 0 saturated heterocycles. The van der Waals surface area contributed by atoms with E-state index in [1.807, 2.05) is 87.5 Å². The molecule has 0 unspecified atom stereocenters. The van der Waals surface area contributed by atoms with Crippen molar-refractivity contribution in [2.45, 2.75) is 33.3 Å². The van der Waals surface area contributed by atoms with Crippen LogP contribution in [-0.4, -0.2) is 16.6 Å². The van der Waals surface area contributed by atoms with Crippen molar-refractivity contribution in [1.82, 2.24) is 0 Å². The van der Waals surface area contributed by atoms with Gasteiger partial charge in [-0.3, -0.25) is 4.79 Å². The molecule has 32 heavy (non-hydrogen) atoms. The maximum absolute atomic E-state index is 12.0.